The number of aryl methyl sites for hydroxylation is 1. The number of esters is 1. The van der Waals surface area contributed by atoms with Crippen molar-refractivity contribution >= 4 is 28.9 Å². The van der Waals surface area contributed by atoms with Crippen LogP contribution in [0.1, 0.15) is 44.7 Å². The van der Waals surface area contributed by atoms with Crippen LogP contribution in [-0.2, 0) is 4.74 Å². The number of rotatable bonds is 5. The Kier molecular flexibility index (Phi) is 4.93. The Morgan fingerprint density at radius 2 is 1.92 bits per heavy atom. The Morgan fingerprint density at radius 1 is 1.19 bits per heavy atom. The summed E-state index contributed by atoms with van der Waals surface area (Å²) in [7, 11) is 0. The first-order chi connectivity index (χ1) is 12.5. The molecule has 0 aliphatic rings. The average Bonchev–Trinajstić information content (AvgIpc) is 2.94. The third-order valence-corrected chi connectivity index (χ3v) is 4.04. The molecule has 2 heterocycles. The van der Waals surface area contributed by atoms with Crippen LogP contribution in [0, 0.1) is 13.8 Å². The molecule has 3 aromatic rings. The maximum Gasteiger partial charge on any atom is 0.355 e. The summed E-state index contributed by atoms with van der Waals surface area (Å²) < 4.78 is 5.01. The van der Waals surface area contributed by atoms with Crippen LogP contribution in [0.4, 0.5) is 0 Å². The lowest BCUT2D eigenvalue weighted by Crippen LogP contribution is -2.07. The van der Waals surface area contributed by atoms with Crippen LogP contribution in [0.5, 0.6) is 0 Å². The van der Waals surface area contributed by atoms with Crippen molar-refractivity contribution in [2.75, 3.05) is 6.61 Å². The number of H-pyrrole nitrogens is 1. The third-order valence-electron chi connectivity index (χ3n) is 4.04. The van der Waals surface area contributed by atoms with Gasteiger partial charge in [-0.2, -0.15) is 0 Å². The lowest BCUT2D eigenvalue weighted by atomic mass is 10.1. The number of ketones is 1. The van der Waals surface area contributed by atoms with Crippen molar-refractivity contribution in [2.45, 2.75) is 20.8 Å². The molecule has 1 aromatic carbocycles. The molecule has 132 valence electrons. The minimum absolute atomic E-state index is 0.207. The van der Waals surface area contributed by atoms with Gasteiger partial charge in [0.15, 0.2) is 5.78 Å². The maximum absolute atomic E-state index is 12.6. The number of para-hydroxylation sites is 2. The quantitative estimate of drug-likeness (QED) is 0.432. The van der Waals surface area contributed by atoms with Crippen molar-refractivity contribution < 1.29 is 14.3 Å². The Morgan fingerprint density at radius 3 is 2.65 bits per heavy atom. The molecule has 0 aliphatic carbocycles. The standard InChI is InChI=1S/C20H19N3O3/c1-4-26-20(25)19-12(2)18(13(3)22-19)17(24)10-9-14-11-21-15-7-5-6-8-16(15)23-14/h5-11,22H,4H2,1-3H3/b10-9+. The van der Waals surface area contributed by atoms with E-state index in [1.165, 1.54) is 6.08 Å². The third kappa shape index (κ3) is 3.39. The SMILES string of the molecule is CCOC(=O)c1[nH]c(C)c(C(=O)/C=C/c2cnc3ccccc3n2)c1C. The molecular formula is C20H19N3O3. The minimum Gasteiger partial charge on any atom is -0.461 e. The van der Waals surface area contributed by atoms with Crippen molar-refractivity contribution in [3.8, 4) is 0 Å². The average molecular weight is 349 g/mol. The fourth-order valence-electron chi connectivity index (χ4n) is 2.82. The Labute approximate surface area is 150 Å². The van der Waals surface area contributed by atoms with Gasteiger partial charge in [-0.15, -0.1) is 0 Å². The van der Waals surface area contributed by atoms with E-state index in [1.54, 1.807) is 33.0 Å². The van der Waals surface area contributed by atoms with Gasteiger partial charge >= 0.3 is 5.97 Å². The number of nitrogens with zero attached hydrogens (tertiary/aromatic N) is 2. The van der Waals surface area contributed by atoms with E-state index in [4.69, 9.17) is 4.74 Å². The van der Waals surface area contributed by atoms with Crippen LogP contribution >= 0.6 is 0 Å². The molecular weight excluding hydrogens is 330 g/mol. The van der Waals surface area contributed by atoms with Crippen LogP contribution in [0.2, 0.25) is 0 Å². The highest BCUT2D eigenvalue weighted by molar-refractivity contribution is 6.10. The van der Waals surface area contributed by atoms with E-state index in [-0.39, 0.29) is 12.4 Å². The van der Waals surface area contributed by atoms with Crippen molar-refractivity contribution in [2.24, 2.45) is 0 Å². The second kappa shape index (κ2) is 7.31. The van der Waals surface area contributed by atoms with Gasteiger partial charge < -0.3 is 9.72 Å². The van der Waals surface area contributed by atoms with E-state index in [9.17, 15) is 9.59 Å². The van der Waals surface area contributed by atoms with Crippen LogP contribution in [0.15, 0.2) is 36.5 Å². The van der Waals surface area contributed by atoms with Gasteiger partial charge in [-0.3, -0.25) is 9.78 Å². The first kappa shape index (κ1) is 17.5. The zero-order valence-electron chi connectivity index (χ0n) is 14.9. The predicted octanol–water partition coefficient (Wildman–Crippen LogP) is 3.65. The second-order valence-electron chi connectivity index (χ2n) is 5.83. The van der Waals surface area contributed by atoms with Crippen molar-refractivity contribution in [1.29, 1.82) is 0 Å². The Hall–Kier alpha value is -3.28. The summed E-state index contributed by atoms with van der Waals surface area (Å²) in [5.74, 6) is -0.668. The monoisotopic (exact) mass is 349 g/mol. The molecule has 0 saturated heterocycles. The molecule has 0 amide bonds. The molecule has 0 saturated carbocycles. The summed E-state index contributed by atoms with van der Waals surface area (Å²) in [4.78, 5) is 36.3. The smallest absolute Gasteiger partial charge is 0.355 e. The van der Waals surface area contributed by atoms with Crippen LogP contribution < -0.4 is 0 Å². The molecule has 2 aromatic heterocycles. The lowest BCUT2D eigenvalue weighted by Gasteiger charge is -2.01. The van der Waals surface area contributed by atoms with E-state index in [0.717, 1.165) is 11.0 Å². The van der Waals surface area contributed by atoms with E-state index in [2.05, 4.69) is 15.0 Å². The topological polar surface area (TPSA) is 84.9 Å². The zero-order chi connectivity index (χ0) is 18.7. The number of fused-ring (bicyclic) bond motifs is 1. The number of benzene rings is 1. The van der Waals surface area contributed by atoms with Gasteiger partial charge in [0, 0.05) is 11.3 Å². The first-order valence-corrected chi connectivity index (χ1v) is 8.31. The lowest BCUT2D eigenvalue weighted by molar-refractivity contribution is 0.0519. The summed E-state index contributed by atoms with van der Waals surface area (Å²) in [5.41, 5.74) is 4.15. The fraction of sp³-hybridized carbons (Fsp3) is 0.200. The van der Waals surface area contributed by atoms with Gasteiger partial charge in [0.2, 0.25) is 0 Å². The Balaban J connectivity index is 1.87. The normalized spacial score (nSPS) is 11.2. The van der Waals surface area contributed by atoms with Crippen molar-refractivity contribution in [3.05, 3.63) is 64.7 Å². The summed E-state index contributed by atoms with van der Waals surface area (Å²) >= 11 is 0. The Bertz CT molecular complexity index is 1020. The second-order valence-corrected chi connectivity index (χ2v) is 5.83. The minimum atomic E-state index is -0.462. The zero-order valence-corrected chi connectivity index (χ0v) is 14.9. The molecule has 6 nitrogen and oxygen atoms in total. The summed E-state index contributed by atoms with van der Waals surface area (Å²) in [6.07, 6.45) is 4.68. The number of allylic oxidation sites excluding steroid dienone is 1. The van der Waals surface area contributed by atoms with Crippen molar-refractivity contribution in [3.63, 3.8) is 0 Å². The van der Waals surface area contributed by atoms with E-state index >= 15 is 0 Å². The maximum atomic E-state index is 12.6. The highest BCUT2D eigenvalue weighted by atomic mass is 16.5. The van der Waals surface area contributed by atoms with E-state index in [1.807, 2.05) is 24.3 Å². The molecule has 0 atom stereocenters. The molecule has 0 spiro atoms. The number of aromatic nitrogens is 3. The largest absolute Gasteiger partial charge is 0.461 e. The highest BCUT2D eigenvalue weighted by Crippen LogP contribution is 2.20. The predicted molar refractivity (Wildman–Crippen MR) is 99.1 cm³/mol. The highest BCUT2D eigenvalue weighted by Gasteiger charge is 2.21. The molecule has 0 fully saturated rings. The van der Waals surface area contributed by atoms with Gasteiger partial charge in [-0.1, -0.05) is 12.1 Å². The molecule has 26 heavy (non-hydrogen) atoms. The van der Waals surface area contributed by atoms with E-state index in [0.29, 0.717) is 28.2 Å². The molecule has 1 N–H and O–H groups in total. The fourth-order valence-corrected chi connectivity index (χ4v) is 2.82. The number of hydrogen-bond donors (Lipinski definition) is 1. The number of hydrogen-bond acceptors (Lipinski definition) is 5. The number of nitrogens with one attached hydrogen (secondary N) is 1. The van der Waals surface area contributed by atoms with Crippen LogP contribution in [0.25, 0.3) is 17.1 Å². The molecule has 0 bridgehead atoms. The van der Waals surface area contributed by atoms with Crippen LogP contribution in [0.3, 0.4) is 0 Å². The van der Waals surface area contributed by atoms with Gasteiger partial charge in [-0.25, -0.2) is 9.78 Å². The van der Waals surface area contributed by atoms with Gasteiger partial charge in [0.25, 0.3) is 0 Å². The van der Waals surface area contributed by atoms with Gasteiger partial charge in [-0.05, 0) is 50.6 Å². The number of carbonyl (C=O) groups is 2. The van der Waals surface area contributed by atoms with Crippen molar-refractivity contribution in [1.82, 2.24) is 15.0 Å². The first-order valence-electron chi connectivity index (χ1n) is 8.31. The number of ether oxygens (including phenoxy) is 1. The summed E-state index contributed by atoms with van der Waals surface area (Å²) in [6.45, 7) is 5.50. The van der Waals surface area contributed by atoms with Gasteiger partial charge in [0.1, 0.15) is 5.69 Å². The molecule has 0 aliphatic heterocycles. The molecule has 3 rings (SSSR count). The molecule has 0 radical (unpaired) electrons. The number of carbonyl (C=O) groups excluding carboxylic acids is 2. The molecule has 6 heteroatoms. The molecule has 0 unspecified atom stereocenters. The summed E-state index contributed by atoms with van der Waals surface area (Å²) in [6, 6.07) is 7.53. The summed E-state index contributed by atoms with van der Waals surface area (Å²) in [5, 5.41) is 0. The van der Waals surface area contributed by atoms with Crippen LogP contribution in [-0.4, -0.2) is 33.3 Å². The number of aromatic amines is 1. The van der Waals surface area contributed by atoms with Gasteiger partial charge in [0.05, 0.1) is 29.5 Å². The van der Waals surface area contributed by atoms with E-state index < -0.39 is 5.97 Å².